The fraction of sp³-hybridized carbons (Fsp3) is 0.200. The van der Waals surface area contributed by atoms with Gasteiger partial charge in [-0.3, -0.25) is 0 Å². The summed E-state index contributed by atoms with van der Waals surface area (Å²) in [5.74, 6) is 0.422. The summed E-state index contributed by atoms with van der Waals surface area (Å²) in [5, 5.41) is 6.10. The third kappa shape index (κ3) is 3.08. The van der Waals surface area contributed by atoms with Crippen molar-refractivity contribution in [3.8, 4) is 0 Å². The van der Waals surface area contributed by atoms with Crippen LogP contribution < -0.4 is 10.6 Å². The maximum absolute atomic E-state index is 11.8. The van der Waals surface area contributed by atoms with Crippen LogP contribution in [0.2, 0.25) is 5.15 Å². The molecule has 0 saturated heterocycles. The predicted octanol–water partition coefficient (Wildman–Crippen LogP) is 3.41. The third-order valence-corrected chi connectivity index (χ3v) is 3.54. The average molecular weight is 288 g/mol. The van der Waals surface area contributed by atoms with Crippen molar-refractivity contribution in [1.82, 2.24) is 10.3 Å². The minimum Gasteiger partial charge on any atom is -0.334 e. The van der Waals surface area contributed by atoms with Crippen LogP contribution in [0.4, 0.5) is 10.5 Å². The van der Waals surface area contributed by atoms with E-state index >= 15 is 0 Å². The molecule has 2 atom stereocenters. The number of pyridine rings is 1. The van der Waals surface area contributed by atoms with Crippen LogP contribution in [-0.4, -0.2) is 17.1 Å². The van der Waals surface area contributed by atoms with Gasteiger partial charge in [0.2, 0.25) is 0 Å². The third-order valence-electron chi connectivity index (χ3n) is 3.32. The Morgan fingerprint density at radius 3 is 2.70 bits per heavy atom. The average Bonchev–Trinajstić information content (AvgIpc) is 3.21. The largest absolute Gasteiger partial charge is 0.334 e. The summed E-state index contributed by atoms with van der Waals surface area (Å²) in [6.07, 6.45) is 2.51. The number of rotatable bonds is 3. The van der Waals surface area contributed by atoms with Gasteiger partial charge in [0.25, 0.3) is 0 Å². The van der Waals surface area contributed by atoms with Gasteiger partial charge in [0.05, 0.1) is 11.9 Å². The molecule has 1 heterocycles. The second kappa shape index (κ2) is 5.51. The second-order valence-electron chi connectivity index (χ2n) is 4.83. The van der Waals surface area contributed by atoms with Gasteiger partial charge >= 0.3 is 6.03 Å². The van der Waals surface area contributed by atoms with Gasteiger partial charge in [0.1, 0.15) is 5.15 Å². The standard InChI is InChI=1S/C15H14ClN3O/c16-14-7-6-11(9-17-14)18-15(20)19-13-8-12(13)10-4-2-1-3-5-10/h1-7,9,12-13H,8H2,(H2,18,19,20). The number of nitrogens with one attached hydrogen (secondary N) is 2. The lowest BCUT2D eigenvalue weighted by molar-refractivity contribution is 0.251. The highest BCUT2D eigenvalue weighted by Gasteiger charge is 2.39. The Hall–Kier alpha value is -2.07. The lowest BCUT2D eigenvalue weighted by atomic mass is 10.1. The zero-order valence-electron chi connectivity index (χ0n) is 10.7. The molecule has 2 unspecified atom stereocenters. The second-order valence-corrected chi connectivity index (χ2v) is 5.21. The summed E-state index contributed by atoms with van der Waals surface area (Å²) in [4.78, 5) is 15.8. The summed E-state index contributed by atoms with van der Waals surface area (Å²) in [6.45, 7) is 0. The molecular weight excluding hydrogens is 274 g/mol. The first-order valence-electron chi connectivity index (χ1n) is 6.46. The van der Waals surface area contributed by atoms with Crippen LogP contribution in [0.25, 0.3) is 0 Å². The molecule has 5 heteroatoms. The lowest BCUT2D eigenvalue weighted by Crippen LogP contribution is -2.31. The summed E-state index contributed by atoms with van der Waals surface area (Å²) in [6, 6.07) is 13.6. The van der Waals surface area contributed by atoms with E-state index in [1.54, 1.807) is 12.1 Å². The lowest BCUT2D eigenvalue weighted by Gasteiger charge is -2.07. The first kappa shape index (κ1) is 12.9. The van der Waals surface area contributed by atoms with Crippen molar-refractivity contribution in [3.63, 3.8) is 0 Å². The Morgan fingerprint density at radius 2 is 2.00 bits per heavy atom. The van der Waals surface area contributed by atoms with E-state index in [4.69, 9.17) is 11.6 Å². The first-order valence-corrected chi connectivity index (χ1v) is 6.84. The van der Waals surface area contributed by atoms with Crippen LogP contribution in [0.15, 0.2) is 48.7 Å². The van der Waals surface area contributed by atoms with E-state index in [0.717, 1.165) is 6.42 Å². The summed E-state index contributed by atoms with van der Waals surface area (Å²) in [5.41, 5.74) is 1.90. The number of aromatic nitrogens is 1. The van der Waals surface area contributed by atoms with Gasteiger partial charge in [-0.1, -0.05) is 41.9 Å². The zero-order chi connectivity index (χ0) is 13.9. The van der Waals surface area contributed by atoms with Gasteiger partial charge in [-0.15, -0.1) is 0 Å². The number of carbonyl (C=O) groups excluding carboxylic acids is 1. The highest BCUT2D eigenvalue weighted by molar-refractivity contribution is 6.29. The maximum Gasteiger partial charge on any atom is 0.319 e. The number of nitrogens with zero attached hydrogens (tertiary/aromatic N) is 1. The molecule has 0 radical (unpaired) electrons. The molecule has 20 heavy (non-hydrogen) atoms. The van der Waals surface area contributed by atoms with E-state index in [1.807, 2.05) is 18.2 Å². The number of carbonyl (C=O) groups is 1. The van der Waals surface area contributed by atoms with Crippen LogP contribution in [0.5, 0.6) is 0 Å². The molecule has 2 aromatic rings. The molecule has 3 rings (SSSR count). The van der Waals surface area contributed by atoms with Crippen LogP contribution in [-0.2, 0) is 0 Å². The number of hydrogen-bond donors (Lipinski definition) is 2. The van der Waals surface area contributed by atoms with Crippen molar-refractivity contribution in [2.45, 2.75) is 18.4 Å². The van der Waals surface area contributed by atoms with Crippen molar-refractivity contribution in [2.75, 3.05) is 5.32 Å². The van der Waals surface area contributed by atoms with Crippen molar-refractivity contribution in [2.24, 2.45) is 0 Å². The van der Waals surface area contributed by atoms with E-state index in [0.29, 0.717) is 16.8 Å². The van der Waals surface area contributed by atoms with Crippen molar-refractivity contribution in [1.29, 1.82) is 0 Å². The molecule has 102 valence electrons. The van der Waals surface area contributed by atoms with Crippen LogP contribution in [0.1, 0.15) is 17.9 Å². The summed E-state index contributed by atoms with van der Waals surface area (Å²) >= 11 is 5.69. The van der Waals surface area contributed by atoms with Crippen molar-refractivity contribution >= 4 is 23.3 Å². The molecule has 0 spiro atoms. The van der Waals surface area contributed by atoms with Gasteiger partial charge in [0, 0.05) is 12.0 Å². The van der Waals surface area contributed by atoms with Crippen LogP contribution in [0, 0.1) is 0 Å². The van der Waals surface area contributed by atoms with E-state index in [-0.39, 0.29) is 12.1 Å². The Kier molecular flexibility index (Phi) is 3.56. The molecule has 4 nitrogen and oxygen atoms in total. The molecule has 1 fully saturated rings. The molecule has 1 aliphatic rings. The van der Waals surface area contributed by atoms with Gasteiger partial charge < -0.3 is 10.6 Å². The highest BCUT2D eigenvalue weighted by Crippen LogP contribution is 2.40. The van der Waals surface area contributed by atoms with Crippen molar-refractivity contribution < 1.29 is 4.79 Å². The van der Waals surface area contributed by atoms with E-state index < -0.39 is 0 Å². The quantitative estimate of drug-likeness (QED) is 0.850. The molecule has 0 aliphatic heterocycles. The molecule has 2 amide bonds. The fourth-order valence-corrected chi connectivity index (χ4v) is 2.32. The van der Waals surface area contributed by atoms with Gasteiger partial charge in [0.15, 0.2) is 0 Å². The SMILES string of the molecule is O=C(Nc1ccc(Cl)nc1)NC1CC1c1ccccc1. The van der Waals surface area contributed by atoms with Crippen molar-refractivity contribution in [3.05, 3.63) is 59.4 Å². The number of anilines is 1. The molecular formula is C15H14ClN3O. The highest BCUT2D eigenvalue weighted by atomic mass is 35.5. The normalized spacial score (nSPS) is 20.2. The van der Waals surface area contributed by atoms with Crippen LogP contribution >= 0.6 is 11.6 Å². The first-order chi connectivity index (χ1) is 9.72. The Balaban J connectivity index is 1.52. The minimum atomic E-state index is -0.211. The summed E-state index contributed by atoms with van der Waals surface area (Å²) < 4.78 is 0. The molecule has 1 aromatic heterocycles. The molecule has 0 bridgehead atoms. The monoisotopic (exact) mass is 287 g/mol. The van der Waals surface area contributed by atoms with Gasteiger partial charge in [-0.25, -0.2) is 9.78 Å². The predicted molar refractivity (Wildman–Crippen MR) is 79.0 cm³/mol. The fourth-order valence-electron chi connectivity index (χ4n) is 2.21. The number of amides is 2. The summed E-state index contributed by atoms with van der Waals surface area (Å²) in [7, 11) is 0. The Morgan fingerprint density at radius 1 is 1.20 bits per heavy atom. The molecule has 1 saturated carbocycles. The van der Waals surface area contributed by atoms with Crippen LogP contribution in [0.3, 0.4) is 0 Å². The minimum absolute atomic E-state index is 0.206. The number of hydrogen-bond acceptors (Lipinski definition) is 2. The Bertz CT molecular complexity index is 600. The smallest absolute Gasteiger partial charge is 0.319 e. The number of urea groups is 1. The number of halogens is 1. The zero-order valence-corrected chi connectivity index (χ0v) is 11.5. The van der Waals surface area contributed by atoms with Gasteiger partial charge in [-0.2, -0.15) is 0 Å². The Labute approximate surface area is 122 Å². The molecule has 1 aliphatic carbocycles. The number of benzene rings is 1. The molecule has 1 aromatic carbocycles. The maximum atomic E-state index is 11.8. The van der Waals surface area contributed by atoms with E-state index in [2.05, 4.69) is 27.8 Å². The van der Waals surface area contributed by atoms with E-state index in [9.17, 15) is 4.79 Å². The van der Waals surface area contributed by atoms with Gasteiger partial charge in [-0.05, 0) is 24.1 Å². The topological polar surface area (TPSA) is 54.0 Å². The molecule has 2 N–H and O–H groups in total. The van der Waals surface area contributed by atoms with E-state index in [1.165, 1.54) is 11.8 Å².